The molecule has 0 saturated heterocycles. The van der Waals surface area contributed by atoms with Gasteiger partial charge in [0.05, 0.1) is 11.8 Å². The predicted molar refractivity (Wildman–Crippen MR) is 106 cm³/mol. The second-order valence-electron chi connectivity index (χ2n) is 6.63. The zero-order valence-corrected chi connectivity index (χ0v) is 16.5. The quantitative estimate of drug-likeness (QED) is 0.276. The number of halogens is 5. The lowest BCUT2D eigenvalue weighted by molar-refractivity contribution is -0.141. The van der Waals surface area contributed by atoms with Gasteiger partial charge in [-0.15, -0.1) is 0 Å². The van der Waals surface area contributed by atoms with Crippen molar-refractivity contribution in [3.05, 3.63) is 65.3 Å². The molecule has 0 atom stereocenters. The van der Waals surface area contributed by atoms with E-state index in [9.17, 15) is 22.4 Å². The molecule has 158 valence electrons. The van der Waals surface area contributed by atoms with E-state index in [0.717, 1.165) is 35.9 Å². The van der Waals surface area contributed by atoms with E-state index in [4.69, 9.17) is 11.8 Å². The summed E-state index contributed by atoms with van der Waals surface area (Å²) in [6, 6.07) is 4.63. The molecule has 1 aliphatic rings. The van der Waals surface area contributed by atoms with Crippen LogP contribution in [0.15, 0.2) is 52.6 Å². The number of amides is 1. The first-order chi connectivity index (χ1) is 14.2. The normalized spacial score (nSPS) is 15.3. The first-order valence-corrected chi connectivity index (χ1v) is 9.34. The summed E-state index contributed by atoms with van der Waals surface area (Å²) >= 11 is 5.29. The van der Waals surface area contributed by atoms with E-state index in [1.54, 1.807) is 19.1 Å². The van der Waals surface area contributed by atoms with Crippen molar-refractivity contribution < 1.29 is 22.4 Å². The molecule has 1 amide bonds. The maximum absolute atomic E-state index is 14.7. The number of allylic oxidation sites excluding steroid dienone is 3. The summed E-state index contributed by atoms with van der Waals surface area (Å²) in [6.07, 6.45) is 2.72. The summed E-state index contributed by atoms with van der Waals surface area (Å²) in [5, 5.41) is 6.06. The maximum Gasteiger partial charge on any atom is 0.435 e. The molecule has 0 spiro atoms. The molecule has 30 heavy (non-hydrogen) atoms. The molecule has 1 aromatic carbocycles. The summed E-state index contributed by atoms with van der Waals surface area (Å²) < 4.78 is 58.2. The summed E-state index contributed by atoms with van der Waals surface area (Å²) in [5.74, 6) is -1.49. The molecule has 0 radical (unpaired) electrons. The third-order valence-electron chi connectivity index (χ3n) is 4.38. The van der Waals surface area contributed by atoms with Crippen LogP contribution in [0.5, 0.6) is 0 Å². The van der Waals surface area contributed by atoms with Crippen molar-refractivity contribution in [2.24, 2.45) is 4.51 Å². The number of aromatic nitrogens is 2. The summed E-state index contributed by atoms with van der Waals surface area (Å²) in [6.45, 7) is 1.76. The Bertz CT molecular complexity index is 1040. The van der Waals surface area contributed by atoms with E-state index < -0.39 is 23.6 Å². The summed E-state index contributed by atoms with van der Waals surface area (Å²) in [4.78, 5) is 12.3. The average molecular weight is 441 g/mol. The van der Waals surface area contributed by atoms with Crippen LogP contribution in [-0.4, -0.2) is 21.9 Å². The van der Waals surface area contributed by atoms with Crippen LogP contribution in [0.1, 0.15) is 37.1 Å². The van der Waals surface area contributed by atoms with E-state index >= 15 is 0 Å². The Morgan fingerprint density at radius 1 is 1.33 bits per heavy atom. The van der Waals surface area contributed by atoms with Gasteiger partial charge in [0.25, 0.3) is 5.91 Å². The lowest BCUT2D eigenvalue weighted by atomic mass is 10.2. The van der Waals surface area contributed by atoms with Crippen LogP contribution in [0.4, 0.5) is 23.2 Å². The number of alkyl halides is 3. The van der Waals surface area contributed by atoms with E-state index in [1.165, 1.54) is 18.2 Å². The van der Waals surface area contributed by atoms with Crippen LogP contribution in [0.2, 0.25) is 0 Å². The third-order valence-corrected chi connectivity index (χ3v) is 4.47. The molecule has 0 aliphatic heterocycles. The molecule has 10 heteroatoms. The summed E-state index contributed by atoms with van der Waals surface area (Å²) in [5.41, 5.74) is -0.636. The number of nitrogens with one attached hydrogen (secondary N) is 1. The number of hydrogen-bond donors (Lipinski definition) is 1. The molecule has 0 bridgehead atoms. The first kappa shape index (κ1) is 21.8. The molecule has 1 aliphatic carbocycles. The first-order valence-electron chi connectivity index (χ1n) is 9.00. The molecular weight excluding hydrogens is 424 g/mol. The fourth-order valence-electron chi connectivity index (χ4n) is 2.79. The Kier molecular flexibility index (Phi) is 6.40. The Hall–Kier alpha value is -2.94. The molecule has 3 rings (SSSR count). The summed E-state index contributed by atoms with van der Waals surface area (Å²) in [7, 11) is 0. The smallest absolute Gasteiger partial charge is 0.322 e. The fraction of sp³-hybridized carbons (Fsp3) is 0.250. The fourth-order valence-corrected chi connectivity index (χ4v) is 2.89. The minimum absolute atomic E-state index is 0.0819. The van der Waals surface area contributed by atoms with Crippen LogP contribution in [-0.2, 0) is 11.0 Å². The number of carbonyl (C=O) groups excluding carboxylic acids is 1. The maximum atomic E-state index is 14.7. The molecule has 1 aromatic heterocycles. The van der Waals surface area contributed by atoms with E-state index in [1.807, 2.05) is 0 Å². The predicted octanol–water partition coefficient (Wildman–Crippen LogP) is 5.57. The van der Waals surface area contributed by atoms with Gasteiger partial charge in [0, 0.05) is 29.1 Å². The average Bonchev–Trinajstić information content (AvgIpc) is 3.42. The molecule has 0 unspecified atom stereocenters. The minimum atomic E-state index is -4.63. The van der Waals surface area contributed by atoms with Crippen LogP contribution in [0.3, 0.4) is 0 Å². The number of nitrogens with zero attached hydrogens (tertiary/aromatic N) is 3. The standard InChI is InChI=1S/C20H17ClF4N4O/c1-2-3-4-13(11-26-21)19(30)27-14-7-8-16(15(22)9-14)29-17(12-5-6-12)10-18(28-29)20(23,24)25/h2-4,7-12H,5-6H2,1H3,(H,27,30)/b3-2-,13-4+,26-11?. The van der Waals surface area contributed by atoms with Gasteiger partial charge in [-0.3, -0.25) is 4.79 Å². The number of rotatable bonds is 6. The van der Waals surface area contributed by atoms with E-state index in [2.05, 4.69) is 14.9 Å². The van der Waals surface area contributed by atoms with Gasteiger partial charge < -0.3 is 5.32 Å². The minimum Gasteiger partial charge on any atom is -0.322 e. The van der Waals surface area contributed by atoms with Gasteiger partial charge >= 0.3 is 6.18 Å². The molecular formula is C20H17ClF4N4O. The Balaban J connectivity index is 1.89. The largest absolute Gasteiger partial charge is 0.435 e. The second-order valence-corrected chi connectivity index (χ2v) is 6.83. The highest BCUT2D eigenvalue weighted by atomic mass is 35.5. The van der Waals surface area contributed by atoms with E-state index in [-0.39, 0.29) is 22.9 Å². The highest BCUT2D eigenvalue weighted by Crippen LogP contribution is 2.43. The number of hydrogen-bond acceptors (Lipinski definition) is 3. The van der Waals surface area contributed by atoms with Gasteiger partial charge in [-0.25, -0.2) is 9.07 Å². The van der Waals surface area contributed by atoms with Crippen molar-refractivity contribution in [1.82, 2.24) is 9.78 Å². The second kappa shape index (κ2) is 8.83. The SMILES string of the molecule is C/C=C\C=C(/C=NCl)C(=O)Nc1ccc(-n2nc(C(F)(F)F)cc2C2CC2)c(F)c1. The van der Waals surface area contributed by atoms with Crippen molar-refractivity contribution in [3.63, 3.8) is 0 Å². The number of carbonyl (C=O) groups is 1. The number of benzene rings is 1. The van der Waals surface area contributed by atoms with Gasteiger partial charge in [0.2, 0.25) is 0 Å². The van der Waals surface area contributed by atoms with Crippen molar-refractivity contribution in [2.45, 2.75) is 31.9 Å². The lowest BCUT2D eigenvalue weighted by Gasteiger charge is -2.11. The third kappa shape index (κ3) is 4.96. The monoisotopic (exact) mass is 440 g/mol. The Labute approximate surface area is 174 Å². The zero-order chi connectivity index (χ0) is 21.9. The van der Waals surface area contributed by atoms with Crippen molar-refractivity contribution in [3.8, 4) is 5.69 Å². The van der Waals surface area contributed by atoms with Crippen LogP contribution in [0, 0.1) is 5.82 Å². The lowest BCUT2D eigenvalue weighted by Crippen LogP contribution is -2.15. The van der Waals surface area contributed by atoms with Gasteiger partial charge in [-0.1, -0.05) is 12.2 Å². The van der Waals surface area contributed by atoms with Crippen molar-refractivity contribution in [1.29, 1.82) is 0 Å². The van der Waals surface area contributed by atoms with Gasteiger partial charge in [-0.05, 0) is 50.1 Å². The van der Waals surface area contributed by atoms with Gasteiger partial charge in [0.1, 0.15) is 5.69 Å². The van der Waals surface area contributed by atoms with Crippen molar-refractivity contribution >= 4 is 29.6 Å². The van der Waals surface area contributed by atoms with Gasteiger partial charge in [-0.2, -0.15) is 22.8 Å². The Morgan fingerprint density at radius 3 is 2.63 bits per heavy atom. The molecule has 2 aromatic rings. The molecule has 1 N–H and O–H groups in total. The Morgan fingerprint density at radius 2 is 2.07 bits per heavy atom. The van der Waals surface area contributed by atoms with Crippen LogP contribution < -0.4 is 5.32 Å². The topological polar surface area (TPSA) is 59.3 Å². The zero-order valence-electron chi connectivity index (χ0n) is 15.8. The van der Waals surface area contributed by atoms with Crippen LogP contribution >= 0.6 is 11.8 Å². The number of anilines is 1. The molecule has 1 fully saturated rings. The molecule has 5 nitrogen and oxygen atoms in total. The van der Waals surface area contributed by atoms with Crippen molar-refractivity contribution in [2.75, 3.05) is 5.32 Å². The van der Waals surface area contributed by atoms with E-state index in [0.29, 0.717) is 5.69 Å². The highest BCUT2D eigenvalue weighted by Gasteiger charge is 2.38. The molecule has 1 saturated carbocycles. The highest BCUT2D eigenvalue weighted by molar-refractivity contribution is 6.24. The van der Waals surface area contributed by atoms with Crippen LogP contribution in [0.25, 0.3) is 5.69 Å². The van der Waals surface area contributed by atoms with Gasteiger partial charge in [0.15, 0.2) is 11.5 Å². The molecule has 1 heterocycles.